The Bertz CT molecular complexity index is 1020. The predicted molar refractivity (Wildman–Crippen MR) is 118 cm³/mol. The van der Waals surface area contributed by atoms with Crippen LogP contribution >= 0.6 is 0 Å². The maximum Gasteiger partial charge on any atom is 0.255 e. The Balaban J connectivity index is 1.76. The molecule has 0 fully saturated rings. The standard InChI is InChI=1S/C22H28N6O5/c1-14-20(30)25-9-12-33-18-6-4-3-5-16(18)21(31)27-17(13-19(29)26-14)22(32)24-8-11-28-10-7-23-15(28)2/h3-7,10,14,17H,8-9,11-13H2,1-2H3,(H,24,32)(H,25,30)(H,26,29)(H,27,31)/t14-,17-/m0/s1. The number of hydrogen-bond donors (Lipinski definition) is 4. The van der Waals surface area contributed by atoms with Gasteiger partial charge in [-0.05, 0) is 26.0 Å². The summed E-state index contributed by atoms with van der Waals surface area (Å²) in [5, 5.41) is 10.6. The second-order valence-corrected chi connectivity index (χ2v) is 7.61. The van der Waals surface area contributed by atoms with Crippen molar-refractivity contribution in [1.29, 1.82) is 0 Å². The molecule has 2 aromatic rings. The first-order valence-corrected chi connectivity index (χ1v) is 10.7. The number of ether oxygens (including phenoxy) is 1. The van der Waals surface area contributed by atoms with E-state index in [9.17, 15) is 19.2 Å². The van der Waals surface area contributed by atoms with Crippen LogP contribution in [0.15, 0.2) is 36.7 Å². The smallest absolute Gasteiger partial charge is 0.255 e. The average molecular weight is 457 g/mol. The van der Waals surface area contributed by atoms with Crippen LogP contribution in [0.4, 0.5) is 0 Å². The largest absolute Gasteiger partial charge is 0.491 e. The Kier molecular flexibility index (Phi) is 8.01. The lowest BCUT2D eigenvalue weighted by atomic mass is 10.1. The van der Waals surface area contributed by atoms with Crippen LogP contribution in [0.1, 0.15) is 29.5 Å². The van der Waals surface area contributed by atoms with Crippen molar-refractivity contribution in [2.75, 3.05) is 19.7 Å². The van der Waals surface area contributed by atoms with Crippen LogP contribution < -0.4 is 26.0 Å². The second kappa shape index (κ2) is 11.1. The first kappa shape index (κ1) is 23.8. The van der Waals surface area contributed by atoms with Crippen LogP contribution in [-0.4, -0.2) is 65.0 Å². The van der Waals surface area contributed by atoms with Gasteiger partial charge >= 0.3 is 0 Å². The number of carbonyl (C=O) groups is 4. The highest BCUT2D eigenvalue weighted by atomic mass is 16.5. The minimum Gasteiger partial charge on any atom is -0.491 e. The number of benzene rings is 1. The summed E-state index contributed by atoms with van der Waals surface area (Å²) < 4.78 is 7.52. The van der Waals surface area contributed by atoms with Gasteiger partial charge in [-0.25, -0.2) is 4.98 Å². The molecule has 176 valence electrons. The molecule has 11 heteroatoms. The summed E-state index contributed by atoms with van der Waals surface area (Å²) in [7, 11) is 0. The number of aryl methyl sites for hydroxylation is 1. The zero-order chi connectivity index (χ0) is 23.8. The molecular formula is C22H28N6O5. The number of hydrogen-bond acceptors (Lipinski definition) is 6. The minimum absolute atomic E-state index is 0.133. The van der Waals surface area contributed by atoms with Crippen molar-refractivity contribution in [2.45, 2.75) is 38.9 Å². The van der Waals surface area contributed by atoms with Crippen molar-refractivity contribution in [3.05, 3.63) is 48.0 Å². The van der Waals surface area contributed by atoms with Gasteiger partial charge in [0.15, 0.2) is 0 Å². The van der Waals surface area contributed by atoms with Crippen LogP contribution in [0, 0.1) is 6.92 Å². The molecule has 0 spiro atoms. The molecule has 4 N–H and O–H groups in total. The molecule has 33 heavy (non-hydrogen) atoms. The van der Waals surface area contributed by atoms with Gasteiger partial charge in [0.25, 0.3) is 5.91 Å². The maximum absolute atomic E-state index is 12.9. The summed E-state index contributed by atoms with van der Waals surface area (Å²) in [4.78, 5) is 54.6. The fraction of sp³-hybridized carbons (Fsp3) is 0.409. The highest BCUT2D eigenvalue weighted by molar-refractivity contribution is 6.01. The number of rotatable bonds is 4. The Morgan fingerprint density at radius 2 is 2.03 bits per heavy atom. The fourth-order valence-electron chi connectivity index (χ4n) is 3.33. The molecule has 2 atom stereocenters. The molecule has 11 nitrogen and oxygen atoms in total. The quantitative estimate of drug-likeness (QED) is 0.489. The molecule has 0 saturated heterocycles. The summed E-state index contributed by atoms with van der Waals surface area (Å²) in [5.74, 6) is -0.854. The summed E-state index contributed by atoms with van der Waals surface area (Å²) in [6, 6.07) is 4.62. The number of amides is 4. The molecule has 2 heterocycles. The van der Waals surface area contributed by atoms with E-state index in [1.165, 1.54) is 6.92 Å². The van der Waals surface area contributed by atoms with E-state index in [4.69, 9.17) is 4.74 Å². The summed E-state index contributed by atoms with van der Waals surface area (Å²) in [6.45, 7) is 4.49. The number of carbonyl (C=O) groups excluding carboxylic acids is 4. The van der Waals surface area contributed by atoms with Crippen molar-refractivity contribution in [3.63, 3.8) is 0 Å². The lowest BCUT2D eigenvalue weighted by Crippen LogP contribution is -2.52. The Labute approximate surface area is 191 Å². The summed E-state index contributed by atoms with van der Waals surface area (Å²) >= 11 is 0. The van der Waals surface area contributed by atoms with Gasteiger partial charge in [0, 0.05) is 25.5 Å². The van der Waals surface area contributed by atoms with Crippen molar-refractivity contribution >= 4 is 23.6 Å². The number of imidazole rings is 1. The van der Waals surface area contributed by atoms with Crippen LogP contribution in [-0.2, 0) is 20.9 Å². The van der Waals surface area contributed by atoms with E-state index in [-0.39, 0.29) is 37.6 Å². The maximum atomic E-state index is 12.9. The predicted octanol–water partition coefficient (Wildman–Crippen LogP) is -0.490. The van der Waals surface area contributed by atoms with E-state index in [0.717, 1.165) is 5.82 Å². The number of nitrogens with one attached hydrogen (secondary N) is 4. The second-order valence-electron chi connectivity index (χ2n) is 7.61. The molecule has 1 aromatic heterocycles. The molecule has 1 aliphatic heterocycles. The van der Waals surface area contributed by atoms with Gasteiger partial charge in [0.1, 0.15) is 30.3 Å². The SMILES string of the molecule is Cc1nccn1CCNC(=O)[C@@H]1CC(=O)N[C@@H](C)C(=O)NCCOc2ccccc2C(=O)N1. The first-order chi connectivity index (χ1) is 15.8. The van der Waals surface area contributed by atoms with Crippen molar-refractivity contribution in [1.82, 2.24) is 30.8 Å². The third-order valence-electron chi connectivity index (χ3n) is 5.15. The zero-order valence-electron chi connectivity index (χ0n) is 18.6. The van der Waals surface area contributed by atoms with Gasteiger partial charge in [-0.15, -0.1) is 0 Å². The number of para-hydroxylation sites is 1. The third-order valence-corrected chi connectivity index (χ3v) is 5.15. The van der Waals surface area contributed by atoms with Crippen molar-refractivity contribution in [2.24, 2.45) is 0 Å². The highest BCUT2D eigenvalue weighted by Gasteiger charge is 2.27. The number of nitrogens with zero attached hydrogens (tertiary/aromatic N) is 2. The van der Waals surface area contributed by atoms with E-state index >= 15 is 0 Å². The number of fused-ring (bicyclic) bond motifs is 1. The monoisotopic (exact) mass is 456 g/mol. The Morgan fingerprint density at radius 1 is 1.24 bits per heavy atom. The van der Waals surface area contributed by atoms with E-state index in [1.807, 2.05) is 11.5 Å². The van der Waals surface area contributed by atoms with Gasteiger partial charge in [-0.1, -0.05) is 12.1 Å². The molecular weight excluding hydrogens is 428 g/mol. The Hall–Kier alpha value is -3.89. The topological polar surface area (TPSA) is 143 Å². The van der Waals surface area contributed by atoms with Crippen LogP contribution in [0.2, 0.25) is 0 Å². The van der Waals surface area contributed by atoms with Gasteiger partial charge in [0.05, 0.1) is 18.5 Å². The molecule has 0 unspecified atom stereocenters. The van der Waals surface area contributed by atoms with Crippen molar-refractivity contribution in [3.8, 4) is 5.75 Å². The van der Waals surface area contributed by atoms with E-state index < -0.39 is 29.8 Å². The molecule has 4 amide bonds. The van der Waals surface area contributed by atoms with Gasteiger partial charge in [-0.3, -0.25) is 19.2 Å². The van der Waals surface area contributed by atoms with Crippen LogP contribution in [0.5, 0.6) is 5.75 Å². The summed E-state index contributed by atoms with van der Waals surface area (Å²) in [6.07, 6.45) is 3.13. The van der Waals surface area contributed by atoms with Gasteiger partial charge in [-0.2, -0.15) is 0 Å². The summed E-state index contributed by atoms with van der Waals surface area (Å²) in [5.41, 5.74) is 0.224. The minimum atomic E-state index is -1.15. The molecule has 3 rings (SSSR count). The molecule has 0 saturated carbocycles. The highest BCUT2D eigenvalue weighted by Crippen LogP contribution is 2.18. The van der Waals surface area contributed by atoms with Crippen LogP contribution in [0.3, 0.4) is 0 Å². The van der Waals surface area contributed by atoms with Gasteiger partial charge < -0.3 is 30.6 Å². The lowest BCUT2D eigenvalue weighted by molar-refractivity contribution is -0.130. The van der Waals surface area contributed by atoms with Crippen LogP contribution in [0.25, 0.3) is 0 Å². The average Bonchev–Trinajstić information content (AvgIpc) is 3.20. The van der Waals surface area contributed by atoms with Gasteiger partial charge in [0.2, 0.25) is 17.7 Å². The van der Waals surface area contributed by atoms with E-state index in [2.05, 4.69) is 26.3 Å². The fourth-order valence-corrected chi connectivity index (χ4v) is 3.33. The van der Waals surface area contributed by atoms with E-state index in [1.54, 1.807) is 36.7 Å². The molecule has 0 radical (unpaired) electrons. The third kappa shape index (κ3) is 6.55. The Morgan fingerprint density at radius 3 is 2.79 bits per heavy atom. The molecule has 1 aliphatic rings. The molecule has 0 aliphatic carbocycles. The first-order valence-electron chi connectivity index (χ1n) is 10.7. The molecule has 1 aromatic carbocycles. The van der Waals surface area contributed by atoms with E-state index in [0.29, 0.717) is 12.3 Å². The van der Waals surface area contributed by atoms with Crippen molar-refractivity contribution < 1.29 is 23.9 Å². The lowest BCUT2D eigenvalue weighted by Gasteiger charge is -2.21. The number of aromatic nitrogens is 2. The zero-order valence-corrected chi connectivity index (χ0v) is 18.6. The molecule has 0 bridgehead atoms. The normalized spacial score (nSPS) is 19.8.